The Morgan fingerprint density at radius 2 is 1.97 bits per heavy atom. The molecule has 4 aromatic rings. The van der Waals surface area contributed by atoms with Gasteiger partial charge in [0.15, 0.2) is 0 Å². The minimum absolute atomic E-state index is 0.0199. The summed E-state index contributed by atoms with van der Waals surface area (Å²) in [4.78, 5) is 32.7. The van der Waals surface area contributed by atoms with Crippen LogP contribution in [-0.4, -0.2) is 41.1 Å². The van der Waals surface area contributed by atoms with Crippen molar-refractivity contribution in [2.24, 2.45) is 0 Å². The molecule has 1 atom stereocenters. The molecule has 0 spiro atoms. The molecule has 0 radical (unpaired) electrons. The number of hydrogen-bond acceptors (Lipinski definition) is 8. The van der Waals surface area contributed by atoms with Gasteiger partial charge in [-0.25, -0.2) is 14.2 Å². The van der Waals surface area contributed by atoms with Gasteiger partial charge < -0.3 is 14.6 Å². The van der Waals surface area contributed by atoms with Crippen LogP contribution in [0.5, 0.6) is 0 Å². The molecular weight excluding hydrogens is 459 g/mol. The molecule has 1 aromatic carbocycles. The summed E-state index contributed by atoms with van der Waals surface area (Å²) in [6.45, 7) is 2.56. The molecule has 1 unspecified atom stereocenters. The van der Waals surface area contributed by atoms with Gasteiger partial charge in [0.25, 0.3) is 0 Å². The van der Waals surface area contributed by atoms with Crippen molar-refractivity contribution in [3.05, 3.63) is 76.4 Å². The molecule has 4 rings (SSSR count). The summed E-state index contributed by atoms with van der Waals surface area (Å²) in [6, 6.07) is 11.2. The first-order valence-electron chi connectivity index (χ1n) is 10.5. The molecule has 0 aliphatic rings. The number of esters is 1. The van der Waals surface area contributed by atoms with Gasteiger partial charge in [-0.1, -0.05) is 17.3 Å². The first-order chi connectivity index (χ1) is 16.4. The van der Waals surface area contributed by atoms with Crippen molar-refractivity contribution in [1.29, 1.82) is 0 Å². The van der Waals surface area contributed by atoms with E-state index in [1.54, 1.807) is 12.1 Å². The summed E-state index contributed by atoms with van der Waals surface area (Å²) in [7, 11) is 3.25. The number of aromatic nitrogens is 2. The van der Waals surface area contributed by atoms with E-state index < -0.39 is 5.97 Å². The summed E-state index contributed by atoms with van der Waals surface area (Å²) < 4.78 is 23.0. The topological polar surface area (TPSA) is 97.6 Å². The van der Waals surface area contributed by atoms with E-state index in [-0.39, 0.29) is 29.1 Å². The van der Waals surface area contributed by atoms with Gasteiger partial charge in [0.2, 0.25) is 5.91 Å². The molecule has 8 nitrogen and oxygen atoms in total. The lowest BCUT2D eigenvalue weighted by atomic mass is 10.1. The molecule has 0 saturated carbocycles. The highest BCUT2D eigenvalue weighted by molar-refractivity contribution is 7.21. The van der Waals surface area contributed by atoms with Crippen LogP contribution in [-0.2, 0) is 22.5 Å². The average molecular weight is 483 g/mol. The van der Waals surface area contributed by atoms with E-state index in [1.807, 2.05) is 32.2 Å². The van der Waals surface area contributed by atoms with Crippen molar-refractivity contribution in [3.8, 4) is 0 Å². The Hall–Kier alpha value is -3.63. The second-order valence-electron chi connectivity index (χ2n) is 7.82. The molecule has 0 bridgehead atoms. The normalized spacial score (nSPS) is 12.1. The van der Waals surface area contributed by atoms with E-state index in [0.717, 1.165) is 22.7 Å². The molecule has 0 aliphatic carbocycles. The van der Waals surface area contributed by atoms with Crippen LogP contribution in [0.4, 0.5) is 10.1 Å². The summed E-state index contributed by atoms with van der Waals surface area (Å²) in [5.41, 5.74) is 2.64. The number of halogens is 1. The number of benzene rings is 1. The van der Waals surface area contributed by atoms with E-state index >= 15 is 0 Å². The van der Waals surface area contributed by atoms with Crippen molar-refractivity contribution in [1.82, 2.24) is 15.0 Å². The second-order valence-corrected chi connectivity index (χ2v) is 8.82. The maximum absolute atomic E-state index is 13.1. The van der Waals surface area contributed by atoms with Crippen LogP contribution >= 0.6 is 11.3 Å². The monoisotopic (exact) mass is 482 g/mol. The first kappa shape index (κ1) is 23.5. The van der Waals surface area contributed by atoms with Gasteiger partial charge in [-0.05, 0) is 43.8 Å². The zero-order valence-corrected chi connectivity index (χ0v) is 19.7. The summed E-state index contributed by atoms with van der Waals surface area (Å²) in [6.07, 6.45) is 1.57. The van der Waals surface area contributed by atoms with Crippen LogP contribution in [0, 0.1) is 5.82 Å². The Morgan fingerprint density at radius 1 is 1.21 bits per heavy atom. The molecule has 10 heteroatoms. The fourth-order valence-corrected chi connectivity index (χ4v) is 4.56. The molecule has 1 N–H and O–H groups in total. The van der Waals surface area contributed by atoms with E-state index in [1.165, 1.54) is 25.5 Å². The minimum atomic E-state index is -0.557. The number of amides is 1. The van der Waals surface area contributed by atoms with Crippen molar-refractivity contribution < 1.29 is 23.2 Å². The van der Waals surface area contributed by atoms with Crippen molar-refractivity contribution in [3.63, 3.8) is 0 Å². The van der Waals surface area contributed by atoms with Gasteiger partial charge in [-0.15, -0.1) is 11.3 Å². The number of carbonyl (C=O) groups excluding carboxylic acids is 2. The number of pyridine rings is 1. The zero-order valence-electron chi connectivity index (χ0n) is 18.9. The van der Waals surface area contributed by atoms with Gasteiger partial charge >= 0.3 is 5.97 Å². The number of hydrogen-bond donors (Lipinski definition) is 1. The molecule has 3 heterocycles. The quantitative estimate of drug-likeness (QED) is 0.367. The summed E-state index contributed by atoms with van der Waals surface area (Å²) >= 11 is 1.16. The van der Waals surface area contributed by atoms with Crippen molar-refractivity contribution in [2.45, 2.75) is 25.9 Å². The van der Waals surface area contributed by atoms with Crippen molar-refractivity contribution in [2.75, 3.05) is 19.5 Å². The Balaban J connectivity index is 1.57. The maximum atomic E-state index is 13.1. The van der Waals surface area contributed by atoms with Crippen LogP contribution in [0.3, 0.4) is 0 Å². The molecular formula is C24H23FN4O4S. The average Bonchev–Trinajstić information content (AvgIpc) is 3.48. The number of rotatable bonds is 8. The second kappa shape index (κ2) is 10.1. The van der Waals surface area contributed by atoms with Gasteiger partial charge in [0.1, 0.15) is 27.5 Å². The summed E-state index contributed by atoms with van der Waals surface area (Å²) in [5.74, 6) is -1.26. The van der Waals surface area contributed by atoms with Crippen LogP contribution < -0.4 is 5.32 Å². The molecule has 0 saturated heterocycles. The van der Waals surface area contributed by atoms with Gasteiger partial charge in [-0.2, -0.15) is 0 Å². The molecule has 3 aromatic heterocycles. The van der Waals surface area contributed by atoms with E-state index in [9.17, 15) is 14.0 Å². The highest BCUT2D eigenvalue weighted by Gasteiger charge is 2.23. The van der Waals surface area contributed by atoms with Crippen LogP contribution in [0.25, 0.3) is 10.2 Å². The van der Waals surface area contributed by atoms with E-state index in [2.05, 4.69) is 15.4 Å². The van der Waals surface area contributed by atoms with Gasteiger partial charge in [-0.3, -0.25) is 9.69 Å². The van der Waals surface area contributed by atoms with E-state index in [4.69, 9.17) is 14.2 Å². The minimum Gasteiger partial charge on any atom is -0.465 e. The van der Waals surface area contributed by atoms with Gasteiger partial charge in [0, 0.05) is 18.0 Å². The number of fused-ring (bicyclic) bond motifs is 1. The molecule has 0 aliphatic heterocycles. The highest BCUT2D eigenvalue weighted by atomic mass is 32.1. The molecule has 34 heavy (non-hydrogen) atoms. The number of anilines is 1. The van der Waals surface area contributed by atoms with Crippen LogP contribution in [0.15, 0.2) is 53.3 Å². The number of thiophene rings is 1. The SMILES string of the molecule is COC(=O)c1sc2nc(CN(C)C(C)c3ccon3)ccc2c1NC(=O)Cc1ccc(F)cc1. The number of ether oxygens (including phenoxy) is 1. The third-order valence-electron chi connectivity index (χ3n) is 5.48. The first-order valence-corrected chi connectivity index (χ1v) is 11.3. The Kier molecular flexibility index (Phi) is 6.99. The number of nitrogens with one attached hydrogen (secondary N) is 1. The zero-order chi connectivity index (χ0) is 24.2. The predicted molar refractivity (Wildman–Crippen MR) is 126 cm³/mol. The third-order valence-corrected chi connectivity index (χ3v) is 6.56. The Labute approximate surface area is 199 Å². The van der Waals surface area contributed by atoms with Crippen LogP contribution in [0.2, 0.25) is 0 Å². The Bertz CT molecular complexity index is 1300. The Morgan fingerprint density at radius 3 is 2.65 bits per heavy atom. The largest absolute Gasteiger partial charge is 0.465 e. The van der Waals surface area contributed by atoms with Gasteiger partial charge in [0.05, 0.1) is 31.0 Å². The van der Waals surface area contributed by atoms with Crippen LogP contribution in [0.1, 0.15) is 39.6 Å². The predicted octanol–water partition coefficient (Wildman–Crippen LogP) is 4.58. The summed E-state index contributed by atoms with van der Waals surface area (Å²) in [5, 5.41) is 7.45. The molecule has 176 valence electrons. The fraction of sp³-hybridized carbons (Fsp3) is 0.250. The lowest BCUT2D eigenvalue weighted by Gasteiger charge is -2.22. The number of carbonyl (C=O) groups is 2. The lowest BCUT2D eigenvalue weighted by Crippen LogP contribution is -2.22. The molecule has 0 fully saturated rings. The van der Waals surface area contributed by atoms with Crippen molar-refractivity contribution >= 4 is 39.1 Å². The van der Waals surface area contributed by atoms with E-state index in [0.29, 0.717) is 28.0 Å². The fourth-order valence-electron chi connectivity index (χ4n) is 3.49. The third kappa shape index (κ3) is 5.13. The standard InChI is InChI=1S/C24H23FN4O4S/c1-14(19-10-11-33-28-19)29(2)13-17-8-9-18-21(22(24(31)32-3)34-23(18)26-17)27-20(30)12-15-4-6-16(25)7-5-15/h4-11,14H,12-13H2,1-3H3,(H,27,30). The molecule has 1 amide bonds. The number of nitrogens with zero attached hydrogens (tertiary/aromatic N) is 3. The smallest absolute Gasteiger partial charge is 0.350 e. The lowest BCUT2D eigenvalue weighted by molar-refractivity contribution is -0.115. The maximum Gasteiger partial charge on any atom is 0.350 e. The number of methoxy groups -OCH3 is 1. The highest BCUT2D eigenvalue weighted by Crippen LogP contribution is 2.36.